The number of rotatable bonds is 4. The summed E-state index contributed by atoms with van der Waals surface area (Å²) in [6.07, 6.45) is 1.44. The van der Waals surface area contributed by atoms with Crippen molar-refractivity contribution in [3.05, 3.63) is 59.9 Å². The summed E-state index contributed by atoms with van der Waals surface area (Å²) in [4.78, 5) is 18.8. The van der Waals surface area contributed by atoms with Crippen LogP contribution in [0.1, 0.15) is 19.5 Å². The molecule has 0 saturated carbocycles. The van der Waals surface area contributed by atoms with Gasteiger partial charge in [-0.25, -0.2) is 8.60 Å². The molecule has 1 N–H and O–H groups in total. The van der Waals surface area contributed by atoms with Crippen LogP contribution in [0.25, 0.3) is 5.57 Å². The lowest BCUT2D eigenvalue weighted by molar-refractivity contribution is -0.129. The minimum Gasteiger partial charge on any atom is -0.503 e. The third-order valence-corrected chi connectivity index (χ3v) is 5.36. The first-order valence-electron chi connectivity index (χ1n) is 7.75. The average molecular weight is 360 g/mol. The van der Waals surface area contributed by atoms with Crippen LogP contribution in [-0.4, -0.2) is 37.7 Å². The molecule has 0 bridgehead atoms. The number of amides is 1. The molecule has 7 heteroatoms. The highest BCUT2D eigenvalue weighted by molar-refractivity contribution is 7.85. The molecule has 0 fully saturated rings. The predicted octanol–water partition coefficient (Wildman–Crippen LogP) is 2.91. The van der Waals surface area contributed by atoms with E-state index in [-0.39, 0.29) is 18.3 Å². The summed E-state index contributed by atoms with van der Waals surface area (Å²) in [7, 11) is -1.48. The summed E-state index contributed by atoms with van der Waals surface area (Å²) >= 11 is 0. The van der Waals surface area contributed by atoms with Crippen molar-refractivity contribution >= 4 is 22.3 Å². The van der Waals surface area contributed by atoms with Crippen molar-refractivity contribution in [2.24, 2.45) is 0 Å². The Morgan fingerprint density at radius 3 is 2.32 bits per heavy atom. The van der Waals surface area contributed by atoms with Gasteiger partial charge in [0.1, 0.15) is 5.82 Å². The lowest BCUT2D eigenvalue weighted by atomic mass is 10.1. The number of aliphatic hydroxyl groups is 1. The Labute approximate surface area is 147 Å². The number of halogens is 1. The maximum Gasteiger partial charge on any atom is 0.289 e. The van der Waals surface area contributed by atoms with E-state index in [2.05, 4.69) is 4.98 Å². The SMILES string of the molecule is CC(C)N1CC(c2ccc(S(=O)c3ccc(F)cc3)cn2)=C(O)C1=O. The summed E-state index contributed by atoms with van der Waals surface area (Å²) in [5.74, 6) is -1.10. The van der Waals surface area contributed by atoms with E-state index in [0.29, 0.717) is 21.1 Å². The molecule has 5 nitrogen and oxygen atoms in total. The van der Waals surface area contributed by atoms with Gasteiger partial charge in [-0.05, 0) is 50.2 Å². The number of carbonyl (C=O) groups excluding carboxylic acids is 1. The van der Waals surface area contributed by atoms with Crippen LogP contribution in [0.3, 0.4) is 0 Å². The van der Waals surface area contributed by atoms with Gasteiger partial charge in [0.2, 0.25) is 0 Å². The fourth-order valence-electron chi connectivity index (χ4n) is 2.56. The van der Waals surface area contributed by atoms with Crippen LogP contribution in [0.4, 0.5) is 4.39 Å². The second-order valence-electron chi connectivity index (χ2n) is 5.96. The maximum atomic E-state index is 13.0. The molecule has 1 aliphatic heterocycles. The lowest BCUT2D eigenvalue weighted by Gasteiger charge is -2.20. The van der Waals surface area contributed by atoms with Crippen molar-refractivity contribution in [1.29, 1.82) is 0 Å². The molecule has 1 amide bonds. The summed E-state index contributed by atoms with van der Waals surface area (Å²) in [5, 5.41) is 10.1. The van der Waals surface area contributed by atoms with Gasteiger partial charge in [0, 0.05) is 22.7 Å². The molecule has 1 aromatic heterocycles. The molecule has 1 aromatic carbocycles. The Morgan fingerprint density at radius 2 is 1.80 bits per heavy atom. The highest BCUT2D eigenvalue weighted by Crippen LogP contribution is 2.27. The molecule has 2 heterocycles. The van der Waals surface area contributed by atoms with E-state index >= 15 is 0 Å². The van der Waals surface area contributed by atoms with E-state index in [9.17, 15) is 18.5 Å². The maximum absolute atomic E-state index is 13.0. The van der Waals surface area contributed by atoms with E-state index < -0.39 is 22.5 Å². The average Bonchev–Trinajstić information content (AvgIpc) is 2.91. The molecular formula is C18H17FN2O3S. The van der Waals surface area contributed by atoms with E-state index in [1.165, 1.54) is 30.5 Å². The quantitative estimate of drug-likeness (QED) is 0.910. The van der Waals surface area contributed by atoms with Gasteiger partial charge in [-0.1, -0.05) is 0 Å². The zero-order valence-corrected chi connectivity index (χ0v) is 14.6. The number of benzene rings is 1. The normalized spacial score (nSPS) is 16.0. The fourth-order valence-corrected chi connectivity index (χ4v) is 3.56. The zero-order chi connectivity index (χ0) is 18.1. The zero-order valence-electron chi connectivity index (χ0n) is 13.8. The number of nitrogens with zero attached hydrogens (tertiary/aromatic N) is 2. The van der Waals surface area contributed by atoms with Crippen molar-refractivity contribution in [3.8, 4) is 0 Å². The van der Waals surface area contributed by atoms with Crippen LogP contribution < -0.4 is 0 Å². The first-order chi connectivity index (χ1) is 11.9. The molecule has 25 heavy (non-hydrogen) atoms. The third kappa shape index (κ3) is 3.32. The third-order valence-electron chi connectivity index (χ3n) is 3.99. The largest absolute Gasteiger partial charge is 0.503 e. The van der Waals surface area contributed by atoms with Crippen molar-refractivity contribution in [3.63, 3.8) is 0 Å². The summed E-state index contributed by atoms with van der Waals surface area (Å²) in [6.45, 7) is 4.03. The molecular weight excluding hydrogens is 343 g/mol. The number of hydrogen-bond donors (Lipinski definition) is 1. The number of carbonyl (C=O) groups is 1. The van der Waals surface area contributed by atoms with Crippen LogP contribution in [0.2, 0.25) is 0 Å². The predicted molar refractivity (Wildman–Crippen MR) is 91.7 cm³/mol. The number of aliphatic hydroxyl groups excluding tert-OH is 1. The van der Waals surface area contributed by atoms with Crippen LogP contribution >= 0.6 is 0 Å². The standard InChI is InChI=1S/C18H17FN2O3S/c1-11(2)21-10-15(17(22)18(21)23)16-8-7-14(9-20-16)25(24)13-5-3-12(19)4-6-13/h3-9,11,22H,10H2,1-2H3. The van der Waals surface area contributed by atoms with Gasteiger partial charge in [-0.3, -0.25) is 9.78 Å². The van der Waals surface area contributed by atoms with Crippen molar-refractivity contribution in [1.82, 2.24) is 9.88 Å². The van der Waals surface area contributed by atoms with E-state index in [1.54, 1.807) is 17.0 Å². The molecule has 3 rings (SSSR count). The Balaban J connectivity index is 1.84. The monoisotopic (exact) mass is 360 g/mol. The van der Waals surface area contributed by atoms with Gasteiger partial charge in [0.25, 0.3) is 5.91 Å². The lowest BCUT2D eigenvalue weighted by Crippen LogP contribution is -2.33. The highest BCUT2D eigenvalue weighted by Gasteiger charge is 2.33. The van der Waals surface area contributed by atoms with E-state index in [1.807, 2.05) is 13.8 Å². The van der Waals surface area contributed by atoms with E-state index in [0.717, 1.165) is 0 Å². The second kappa shape index (κ2) is 6.76. The Hall–Kier alpha value is -2.54. The molecule has 0 spiro atoms. The van der Waals surface area contributed by atoms with Crippen LogP contribution in [0.5, 0.6) is 0 Å². The molecule has 0 radical (unpaired) electrons. The van der Waals surface area contributed by atoms with Gasteiger partial charge >= 0.3 is 0 Å². The first-order valence-corrected chi connectivity index (χ1v) is 8.90. The molecule has 1 unspecified atom stereocenters. The second-order valence-corrected chi connectivity index (χ2v) is 7.44. The Bertz CT molecular complexity index is 861. The van der Waals surface area contributed by atoms with Crippen molar-refractivity contribution in [2.45, 2.75) is 29.7 Å². The van der Waals surface area contributed by atoms with Gasteiger partial charge in [0.05, 0.1) is 27.9 Å². The van der Waals surface area contributed by atoms with Crippen LogP contribution in [0.15, 0.2) is 58.1 Å². The summed E-state index contributed by atoms with van der Waals surface area (Å²) in [5.41, 5.74) is 0.923. The van der Waals surface area contributed by atoms with Crippen molar-refractivity contribution in [2.75, 3.05) is 6.54 Å². The first kappa shape index (κ1) is 17.3. The Kier molecular flexibility index (Phi) is 4.67. The molecule has 0 aliphatic carbocycles. The Morgan fingerprint density at radius 1 is 1.16 bits per heavy atom. The number of aromatic nitrogens is 1. The minimum atomic E-state index is -1.48. The number of pyridine rings is 1. The van der Waals surface area contributed by atoms with Gasteiger partial charge < -0.3 is 10.0 Å². The summed E-state index contributed by atoms with van der Waals surface area (Å²) in [6, 6.07) is 8.65. The molecule has 2 aromatic rings. The smallest absolute Gasteiger partial charge is 0.289 e. The molecule has 1 atom stereocenters. The highest BCUT2D eigenvalue weighted by atomic mass is 32.2. The van der Waals surface area contributed by atoms with Crippen molar-refractivity contribution < 1.29 is 18.5 Å². The fraction of sp³-hybridized carbons (Fsp3) is 0.222. The topological polar surface area (TPSA) is 70.5 Å². The summed E-state index contributed by atoms with van der Waals surface area (Å²) < 4.78 is 25.4. The number of hydrogen-bond acceptors (Lipinski definition) is 4. The van der Waals surface area contributed by atoms with Gasteiger partial charge in [-0.2, -0.15) is 0 Å². The van der Waals surface area contributed by atoms with Crippen LogP contribution in [0, 0.1) is 5.82 Å². The van der Waals surface area contributed by atoms with Gasteiger partial charge in [0.15, 0.2) is 5.76 Å². The minimum absolute atomic E-state index is 0.0302. The molecule has 0 saturated heterocycles. The van der Waals surface area contributed by atoms with E-state index in [4.69, 9.17) is 0 Å². The molecule has 1 aliphatic rings. The molecule has 130 valence electrons. The van der Waals surface area contributed by atoms with Crippen LogP contribution in [-0.2, 0) is 15.6 Å². The van der Waals surface area contributed by atoms with Gasteiger partial charge in [-0.15, -0.1) is 0 Å².